The van der Waals surface area contributed by atoms with E-state index >= 15 is 0 Å². The normalized spacial score (nSPS) is 9.42. The third-order valence-electron chi connectivity index (χ3n) is 1.42. The van der Waals surface area contributed by atoms with E-state index in [-0.39, 0.29) is 11.1 Å². The van der Waals surface area contributed by atoms with Gasteiger partial charge in [0.25, 0.3) is 0 Å². The van der Waals surface area contributed by atoms with E-state index in [1.807, 2.05) is 9.24 Å². The molecule has 4 heteroatoms. The fraction of sp³-hybridized carbons (Fsp3) is 0. The molecule has 0 saturated heterocycles. The highest BCUT2D eigenvalue weighted by Gasteiger charge is 2.03. The largest absolute Gasteiger partial charge is 0.478 e. The van der Waals surface area contributed by atoms with Gasteiger partial charge in [0.05, 0.1) is 5.56 Å². The van der Waals surface area contributed by atoms with Gasteiger partial charge in [-0.05, 0) is 12.1 Å². The zero-order valence-corrected chi connectivity index (χ0v) is 7.31. The molecule has 0 fully saturated rings. The number of hydrogen-bond acceptors (Lipinski definition) is 2. The van der Waals surface area contributed by atoms with Crippen molar-refractivity contribution in [2.75, 3.05) is 0 Å². The highest BCUT2D eigenvalue weighted by Crippen LogP contribution is 2.07. The number of carboxylic acids is 1. The van der Waals surface area contributed by atoms with Crippen LogP contribution in [0.1, 0.15) is 20.7 Å². The maximum atomic E-state index is 10.7. The molecule has 0 aliphatic rings. The average Bonchev–Trinajstić information content (AvgIpc) is 2.04. The number of carbonyl (C=O) groups excluding carboxylic acids is 1. The summed E-state index contributed by atoms with van der Waals surface area (Å²) in [6.07, 6.45) is 0. The van der Waals surface area contributed by atoms with Gasteiger partial charge in [0.1, 0.15) is 0 Å². The topological polar surface area (TPSA) is 54.4 Å². The molecule has 1 atom stereocenters. The van der Waals surface area contributed by atoms with Crippen LogP contribution in [-0.4, -0.2) is 16.6 Å². The van der Waals surface area contributed by atoms with Gasteiger partial charge in [0.15, 0.2) is 5.52 Å². The molecule has 0 radical (unpaired) electrons. The Morgan fingerprint density at radius 3 is 1.83 bits per heavy atom. The maximum absolute atomic E-state index is 10.7. The number of hydrogen-bond donors (Lipinski definition) is 1. The quantitative estimate of drug-likeness (QED) is 0.703. The van der Waals surface area contributed by atoms with Gasteiger partial charge < -0.3 is 5.11 Å². The van der Waals surface area contributed by atoms with E-state index in [1.165, 1.54) is 24.3 Å². The number of rotatable bonds is 2. The number of benzene rings is 1. The highest BCUT2D eigenvalue weighted by molar-refractivity contribution is 7.41. The van der Waals surface area contributed by atoms with Crippen molar-refractivity contribution in [1.29, 1.82) is 0 Å². The smallest absolute Gasteiger partial charge is 0.335 e. The molecule has 12 heavy (non-hydrogen) atoms. The summed E-state index contributed by atoms with van der Waals surface area (Å²) in [5.41, 5.74) is 0.530. The molecule has 0 amide bonds. The third-order valence-corrected chi connectivity index (χ3v) is 1.75. The van der Waals surface area contributed by atoms with Crippen LogP contribution in [0.25, 0.3) is 0 Å². The van der Waals surface area contributed by atoms with E-state index in [0.29, 0.717) is 5.56 Å². The lowest BCUT2D eigenvalue weighted by atomic mass is 10.1. The predicted octanol–water partition coefficient (Wildman–Crippen LogP) is 1.40. The van der Waals surface area contributed by atoms with Gasteiger partial charge in [0.2, 0.25) is 0 Å². The minimum atomic E-state index is -0.988. The zero-order valence-electron chi connectivity index (χ0n) is 6.15. The van der Waals surface area contributed by atoms with E-state index in [0.717, 1.165) is 0 Å². The number of aromatic carboxylic acids is 1. The molecule has 0 saturated carbocycles. The van der Waals surface area contributed by atoms with Crippen LogP contribution in [0.3, 0.4) is 0 Å². The fourth-order valence-electron chi connectivity index (χ4n) is 0.777. The zero-order chi connectivity index (χ0) is 9.14. The Morgan fingerprint density at radius 2 is 1.50 bits per heavy atom. The molecule has 1 aromatic rings. The summed E-state index contributed by atoms with van der Waals surface area (Å²) in [5.74, 6) is -0.988. The summed E-state index contributed by atoms with van der Waals surface area (Å²) >= 11 is 0. The Labute approximate surface area is 71.6 Å². The van der Waals surface area contributed by atoms with Crippen molar-refractivity contribution >= 4 is 20.7 Å². The molecule has 0 heterocycles. The van der Waals surface area contributed by atoms with Crippen LogP contribution in [0.5, 0.6) is 0 Å². The Bertz CT molecular complexity index is 283. The summed E-state index contributed by atoms with van der Waals surface area (Å²) < 4.78 is 0. The van der Waals surface area contributed by atoms with Gasteiger partial charge in [-0.15, -0.1) is 0 Å². The van der Waals surface area contributed by atoms with Gasteiger partial charge >= 0.3 is 5.97 Å². The molecule has 1 rings (SSSR count). The molecular weight excluding hydrogens is 175 g/mol. The standard InChI is InChI=1S/C8H7O3P/c9-7(10)5-1-3-6(4-2-5)8(11)12/h1-4H,12H2,(H,9,10). The first kappa shape index (κ1) is 8.88. The second-order valence-electron chi connectivity index (χ2n) is 2.25. The van der Waals surface area contributed by atoms with Gasteiger partial charge in [-0.3, -0.25) is 4.79 Å². The Balaban J connectivity index is 3.01. The summed E-state index contributed by atoms with van der Waals surface area (Å²) in [6.45, 7) is 0. The molecule has 0 bridgehead atoms. The molecule has 62 valence electrons. The molecule has 1 aromatic carbocycles. The van der Waals surface area contributed by atoms with Crippen molar-refractivity contribution in [1.82, 2.24) is 0 Å². The Morgan fingerprint density at radius 1 is 1.08 bits per heavy atom. The molecular formula is C8H7O3P. The number of carbonyl (C=O) groups is 2. The summed E-state index contributed by atoms with van der Waals surface area (Å²) in [4.78, 5) is 21.1. The molecule has 3 nitrogen and oxygen atoms in total. The van der Waals surface area contributed by atoms with E-state index in [4.69, 9.17) is 5.11 Å². The average molecular weight is 182 g/mol. The van der Waals surface area contributed by atoms with Crippen LogP contribution in [0.4, 0.5) is 0 Å². The van der Waals surface area contributed by atoms with Crippen molar-refractivity contribution in [3.63, 3.8) is 0 Å². The van der Waals surface area contributed by atoms with E-state index in [9.17, 15) is 9.59 Å². The van der Waals surface area contributed by atoms with Crippen molar-refractivity contribution in [3.8, 4) is 0 Å². The van der Waals surface area contributed by atoms with Crippen molar-refractivity contribution in [2.24, 2.45) is 0 Å². The van der Waals surface area contributed by atoms with Crippen LogP contribution in [-0.2, 0) is 0 Å². The Hall–Kier alpha value is -1.21. The van der Waals surface area contributed by atoms with Crippen LogP contribution in [0, 0.1) is 0 Å². The lowest BCUT2D eigenvalue weighted by Gasteiger charge is -1.95. The highest BCUT2D eigenvalue weighted by atomic mass is 31.0. The second-order valence-corrected chi connectivity index (χ2v) is 2.77. The molecule has 0 spiro atoms. The maximum Gasteiger partial charge on any atom is 0.335 e. The molecule has 0 aliphatic carbocycles. The molecule has 0 aromatic heterocycles. The van der Waals surface area contributed by atoms with Gasteiger partial charge in [-0.1, -0.05) is 21.4 Å². The first-order chi connectivity index (χ1) is 5.61. The van der Waals surface area contributed by atoms with E-state index in [2.05, 4.69) is 0 Å². The fourth-order valence-corrected chi connectivity index (χ4v) is 0.970. The summed E-state index contributed by atoms with van der Waals surface area (Å²) in [6, 6.07) is 5.77. The first-order valence-corrected chi connectivity index (χ1v) is 3.82. The van der Waals surface area contributed by atoms with Crippen molar-refractivity contribution < 1.29 is 14.7 Å². The third kappa shape index (κ3) is 1.89. The molecule has 0 aliphatic heterocycles. The predicted molar refractivity (Wildman–Crippen MR) is 47.4 cm³/mol. The Kier molecular flexibility index (Phi) is 2.56. The van der Waals surface area contributed by atoms with Gasteiger partial charge in [-0.25, -0.2) is 4.79 Å². The minimum absolute atomic E-state index is 0.146. The van der Waals surface area contributed by atoms with E-state index in [1.54, 1.807) is 0 Å². The van der Waals surface area contributed by atoms with E-state index < -0.39 is 5.97 Å². The van der Waals surface area contributed by atoms with Crippen molar-refractivity contribution in [2.45, 2.75) is 0 Å². The molecule has 1 unspecified atom stereocenters. The first-order valence-electron chi connectivity index (χ1n) is 3.24. The monoisotopic (exact) mass is 182 g/mol. The SMILES string of the molecule is O=C(O)c1ccc(C(=O)P)cc1. The van der Waals surface area contributed by atoms with Crippen molar-refractivity contribution in [3.05, 3.63) is 35.4 Å². The summed E-state index contributed by atoms with van der Waals surface area (Å²) in [7, 11) is 2.03. The second kappa shape index (κ2) is 3.46. The minimum Gasteiger partial charge on any atom is -0.478 e. The van der Waals surface area contributed by atoms with Gasteiger partial charge in [-0.2, -0.15) is 0 Å². The van der Waals surface area contributed by atoms with Crippen LogP contribution in [0.15, 0.2) is 24.3 Å². The van der Waals surface area contributed by atoms with Crippen LogP contribution < -0.4 is 0 Å². The number of carboxylic acid groups (broad SMARTS) is 1. The lowest BCUT2D eigenvalue weighted by molar-refractivity contribution is 0.0696. The molecule has 1 N–H and O–H groups in total. The summed E-state index contributed by atoms with van der Waals surface area (Å²) in [5, 5.41) is 8.52. The van der Waals surface area contributed by atoms with Gasteiger partial charge in [0, 0.05) is 5.56 Å². The van der Waals surface area contributed by atoms with Crippen LogP contribution >= 0.6 is 9.24 Å². The van der Waals surface area contributed by atoms with Crippen LogP contribution in [0.2, 0.25) is 0 Å². The lowest BCUT2D eigenvalue weighted by Crippen LogP contribution is -1.96.